The van der Waals surface area contributed by atoms with Crippen LogP contribution in [0.5, 0.6) is 0 Å². The molecule has 0 radical (unpaired) electrons. The molecule has 3 aromatic carbocycles. The van der Waals surface area contributed by atoms with Crippen LogP contribution >= 0.6 is 0 Å². The highest BCUT2D eigenvalue weighted by Crippen LogP contribution is 2.35. The van der Waals surface area contributed by atoms with Gasteiger partial charge in [-0.15, -0.1) is 0 Å². The molecule has 0 spiro atoms. The summed E-state index contributed by atoms with van der Waals surface area (Å²) in [6.07, 6.45) is 0. The maximum Gasteiger partial charge on any atom is 0.282 e. The van der Waals surface area contributed by atoms with Gasteiger partial charge in [0.2, 0.25) is 0 Å². The molecule has 4 rings (SSSR count). The zero-order valence-electron chi connectivity index (χ0n) is 17.9. The predicted octanol–water partition coefficient (Wildman–Crippen LogP) is 5.46. The molecular formula is C26H23FN2O2. The van der Waals surface area contributed by atoms with Gasteiger partial charge in [0.05, 0.1) is 11.3 Å². The van der Waals surface area contributed by atoms with Gasteiger partial charge in [0.1, 0.15) is 11.5 Å². The number of halogens is 1. The summed E-state index contributed by atoms with van der Waals surface area (Å²) in [4.78, 5) is 28.2. The molecule has 0 saturated heterocycles. The Labute approximate surface area is 181 Å². The van der Waals surface area contributed by atoms with Crippen molar-refractivity contribution in [2.45, 2.75) is 27.7 Å². The second-order valence-electron chi connectivity index (χ2n) is 7.92. The zero-order chi connectivity index (χ0) is 22.3. The Balaban J connectivity index is 1.86. The molecule has 1 aliphatic heterocycles. The Bertz CT molecular complexity index is 1220. The fourth-order valence-electron chi connectivity index (χ4n) is 3.87. The van der Waals surface area contributed by atoms with Crippen molar-refractivity contribution in [2.24, 2.45) is 0 Å². The lowest BCUT2D eigenvalue weighted by molar-refractivity contribution is -0.120. The Morgan fingerprint density at radius 1 is 0.806 bits per heavy atom. The van der Waals surface area contributed by atoms with Crippen molar-refractivity contribution in [3.05, 3.63) is 100.0 Å². The lowest BCUT2D eigenvalue weighted by Crippen LogP contribution is -2.32. The molecule has 156 valence electrons. The number of anilines is 2. The predicted molar refractivity (Wildman–Crippen MR) is 121 cm³/mol. The van der Waals surface area contributed by atoms with E-state index in [1.54, 1.807) is 0 Å². The minimum absolute atomic E-state index is 0.185. The fourth-order valence-corrected chi connectivity index (χ4v) is 3.87. The maximum atomic E-state index is 13.5. The summed E-state index contributed by atoms with van der Waals surface area (Å²) in [5, 5.41) is 3.20. The second-order valence-corrected chi connectivity index (χ2v) is 7.92. The Morgan fingerprint density at radius 3 is 2.10 bits per heavy atom. The van der Waals surface area contributed by atoms with Crippen molar-refractivity contribution in [1.29, 1.82) is 0 Å². The van der Waals surface area contributed by atoms with Crippen LogP contribution in [0.4, 0.5) is 15.8 Å². The van der Waals surface area contributed by atoms with E-state index in [1.807, 2.05) is 64.1 Å². The molecule has 0 aromatic heterocycles. The molecule has 5 heteroatoms. The summed E-state index contributed by atoms with van der Waals surface area (Å²) in [5.74, 6) is -1.28. The van der Waals surface area contributed by atoms with Gasteiger partial charge in [0.25, 0.3) is 11.8 Å². The summed E-state index contributed by atoms with van der Waals surface area (Å²) in [6.45, 7) is 7.79. The first-order valence-electron chi connectivity index (χ1n) is 10.1. The van der Waals surface area contributed by atoms with Gasteiger partial charge in [-0.25, -0.2) is 9.29 Å². The minimum atomic E-state index is -0.436. The molecule has 1 heterocycles. The van der Waals surface area contributed by atoms with Gasteiger partial charge in [-0.3, -0.25) is 9.59 Å². The summed E-state index contributed by atoms with van der Waals surface area (Å²) in [5.41, 5.74) is 6.12. The van der Waals surface area contributed by atoms with Crippen molar-refractivity contribution in [2.75, 3.05) is 10.2 Å². The van der Waals surface area contributed by atoms with E-state index in [2.05, 4.69) is 5.32 Å². The summed E-state index contributed by atoms with van der Waals surface area (Å²) in [7, 11) is 0. The van der Waals surface area contributed by atoms with Crippen molar-refractivity contribution in [1.82, 2.24) is 0 Å². The van der Waals surface area contributed by atoms with Gasteiger partial charge in [-0.1, -0.05) is 30.3 Å². The van der Waals surface area contributed by atoms with Crippen molar-refractivity contribution in [3.63, 3.8) is 0 Å². The third-order valence-electron chi connectivity index (χ3n) is 5.55. The molecule has 0 unspecified atom stereocenters. The molecule has 0 bridgehead atoms. The van der Waals surface area contributed by atoms with E-state index < -0.39 is 17.6 Å². The average Bonchev–Trinajstić information content (AvgIpc) is 2.95. The number of carbonyl (C=O) groups is 2. The molecule has 2 amide bonds. The normalized spacial score (nSPS) is 13.9. The molecule has 0 fully saturated rings. The van der Waals surface area contributed by atoms with Crippen LogP contribution in [0.15, 0.2) is 66.4 Å². The van der Waals surface area contributed by atoms with Gasteiger partial charge in [0.15, 0.2) is 0 Å². The van der Waals surface area contributed by atoms with Gasteiger partial charge in [-0.05, 0) is 85.8 Å². The third kappa shape index (κ3) is 3.75. The SMILES string of the molecule is Cc1cc(C)cc(N2C(=O)C(Nc3cccc(C)c3C)=C(c3ccc(F)cc3)C2=O)c1. The average molecular weight is 414 g/mol. The van der Waals surface area contributed by atoms with E-state index in [0.717, 1.165) is 27.9 Å². The van der Waals surface area contributed by atoms with Gasteiger partial charge < -0.3 is 5.32 Å². The first-order valence-corrected chi connectivity index (χ1v) is 10.1. The van der Waals surface area contributed by atoms with Crippen LogP contribution < -0.4 is 10.2 Å². The van der Waals surface area contributed by atoms with Gasteiger partial charge in [0, 0.05) is 5.69 Å². The molecule has 4 nitrogen and oxygen atoms in total. The molecule has 0 saturated carbocycles. The summed E-state index contributed by atoms with van der Waals surface area (Å²) in [6, 6.07) is 17.0. The highest BCUT2D eigenvalue weighted by Gasteiger charge is 2.40. The van der Waals surface area contributed by atoms with Crippen molar-refractivity contribution in [3.8, 4) is 0 Å². The van der Waals surface area contributed by atoms with Crippen LogP contribution in [0, 0.1) is 33.5 Å². The van der Waals surface area contributed by atoms with E-state index in [1.165, 1.54) is 29.2 Å². The number of amides is 2. The zero-order valence-corrected chi connectivity index (χ0v) is 17.9. The van der Waals surface area contributed by atoms with Crippen molar-refractivity contribution < 1.29 is 14.0 Å². The van der Waals surface area contributed by atoms with E-state index in [0.29, 0.717) is 11.3 Å². The standard InChI is InChI=1S/C26H23FN2O2/c1-15-12-16(2)14-21(13-15)29-25(30)23(19-8-10-20(27)11-9-19)24(26(29)31)28-22-7-5-6-17(3)18(22)4/h5-14,28H,1-4H3. The minimum Gasteiger partial charge on any atom is -0.350 e. The molecule has 31 heavy (non-hydrogen) atoms. The number of hydrogen-bond acceptors (Lipinski definition) is 3. The second kappa shape index (κ2) is 7.84. The summed E-state index contributed by atoms with van der Waals surface area (Å²) >= 11 is 0. The maximum absolute atomic E-state index is 13.5. The molecular weight excluding hydrogens is 391 g/mol. The smallest absolute Gasteiger partial charge is 0.282 e. The lowest BCUT2D eigenvalue weighted by atomic mass is 10.0. The van der Waals surface area contributed by atoms with Gasteiger partial charge >= 0.3 is 0 Å². The number of nitrogens with one attached hydrogen (secondary N) is 1. The number of carbonyl (C=O) groups excluding carboxylic acids is 2. The van der Waals surface area contributed by atoms with Crippen LogP contribution in [0.3, 0.4) is 0 Å². The molecule has 3 aromatic rings. The molecule has 1 N–H and O–H groups in total. The number of imide groups is 1. The van der Waals surface area contributed by atoms with Gasteiger partial charge in [-0.2, -0.15) is 0 Å². The Kier molecular flexibility index (Phi) is 5.19. The quantitative estimate of drug-likeness (QED) is 0.577. The van der Waals surface area contributed by atoms with Crippen LogP contribution in [0.2, 0.25) is 0 Å². The number of hydrogen-bond donors (Lipinski definition) is 1. The Hall–Kier alpha value is -3.73. The number of nitrogens with zero attached hydrogens (tertiary/aromatic N) is 1. The topological polar surface area (TPSA) is 49.4 Å². The summed E-state index contributed by atoms with van der Waals surface area (Å²) < 4.78 is 13.5. The molecule has 0 aliphatic carbocycles. The van der Waals surface area contributed by atoms with E-state index >= 15 is 0 Å². The van der Waals surface area contributed by atoms with Crippen LogP contribution in [0.25, 0.3) is 5.57 Å². The van der Waals surface area contributed by atoms with Crippen LogP contribution in [-0.2, 0) is 9.59 Å². The molecule has 1 aliphatic rings. The number of aryl methyl sites for hydroxylation is 3. The van der Waals surface area contributed by atoms with E-state index in [4.69, 9.17) is 0 Å². The first kappa shape index (κ1) is 20.5. The van der Waals surface area contributed by atoms with E-state index in [9.17, 15) is 14.0 Å². The number of rotatable bonds is 4. The number of benzene rings is 3. The highest BCUT2D eigenvalue weighted by atomic mass is 19.1. The monoisotopic (exact) mass is 414 g/mol. The third-order valence-corrected chi connectivity index (χ3v) is 5.55. The lowest BCUT2D eigenvalue weighted by Gasteiger charge is -2.17. The molecule has 0 atom stereocenters. The van der Waals surface area contributed by atoms with Crippen LogP contribution in [-0.4, -0.2) is 11.8 Å². The fraction of sp³-hybridized carbons (Fsp3) is 0.154. The first-order chi connectivity index (χ1) is 14.8. The highest BCUT2D eigenvalue weighted by molar-refractivity contribution is 6.46. The Morgan fingerprint density at radius 2 is 1.45 bits per heavy atom. The van der Waals surface area contributed by atoms with E-state index in [-0.39, 0.29) is 11.3 Å². The van der Waals surface area contributed by atoms with Crippen LogP contribution in [0.1, 0.15) is 27.8 Å². The van der Waals surface area contributed by atoms with Crippen molar-refractivity contribution >= 4 is 28.8 Å². The largest absolute Gasteiger partial charge is 0.350 e.